The number of ether oxygens (including phenoxy) is 3. The lowest BCUT2D eigenvalue weighted by molar-refractivity contribution is 0.261. The zero-order valence-electron chi connectivity index (χ0n) is 13.6. The highest BCUT2D eigenvalue weighted by molar-refractivity contribution is 6.02. The van der Waals surface area contributed by atoms with Gasteiger partial charge in [-0.1, -0.05) is 12.1 Å². The Morgan fingerprint density at radius 2 is 1.48 bits per heavy atom. The summed E-state index contributed by atoms with van der Waals surface area (Å²) in [5.74, 6) is 1.60. The van der Waals surface area contributed by atoms with Gasteiger partial charge in [-0.05, 0) is 36.8 Å². The third kappa shape index (κ3) is 3.85. The number of aryl methyl sites for hydroxylation is 1. The highest BCUT2D eigenvalue weighted by atomic mass is 16.5. The number of urea groups is 1. The number of rotatable bonds is 5. The Morgan fingerprint density at radius 1 is 0.870 bits per heavy atom. The predicted octanol–water partition coefficient (Wildman–Crippen LogP) is 3.66. The van der Waals surface area contributed by atoms with Crippen LogP contribution in [0.2, 0.25) is 0 Å². The molecule has 0 aromatic heterocycles. The van der Waals surface area contributed by atoms with Crippen LogP contribution in [0.15, 0.2) is 36.4 Å². The van der Waals surface area contributed by atoms with E-state index in [1.54, 1.807) is 31.4 Å². The molecule has 0 atom stereocenters. The first-order chi connectivity index (χ1) is 11.1. The maximum absolute atomic E-state index is 12.3. The van der Waals surface area contributed by atoms with Crippen LogP contribution in [0.5, 0.6) is 17.2 Å². The van der Waals surface area contributed by atoms with Gasteiger partial charge in [-0.3, -0.25) is 0 Å². The Labute approximate surface area is 135 Å². The molecule has 0 unspecified atom stereocenters. The molecule has 0 fully saturated rings. The lowest BCUT2D eigenvalue weighted by Gasteiger charge is -2.15. The first kappa shape index (κ1) is 16.5. The maximum atomic E-state index is 12.3. The van der Waals surface area contributed by atoms with Gasteiger partial charge in [0, 0.05) is 0 Å². The third-order valence-electron chi connectivity index (χ3n) is 3.27. The van der Waals surface area contributed by atoms with Crippen LogP contribution < -0.4 is 24.8 Å². The van der Waals surface area contributed by atoms with Crippen molar-refractivity contribution in [3.05, 3.63) is 42.0 Å². The Kier molecular flexibility index (Phi) is 5.30. The molecule has 6 heteroatoms. The van der Waals surface area contributed by atoms with Crippen LogP contribution in [0, 0.1) is 6.92 Å². The molecule has 0 aliphatic rings. The zero-order valence-corrected chi connectivity index (χ0v) is 13.6. The molecule has 2 rings (SSSR count). The number of hydrogen-bond donors (Lipinski definition) is 2. The summed E-state index contributed by atoms with van der Waals surface area (Å²) in [6.07, 6.45) is 0. The highest BCUT2D eigenvalue weighted by Gasteiger charge is 2.14. The SMILES string of the molecule is COc1ccc(C)cc1NC(=O)Nc1c(OC)cccc1OC. The molecule has 0 saturated carbocycles. The molecule has 0 bridgehead atoms. The van der Waals surface area contributed by atoms with Gasteiger partial charge in [0.05, 0.1) is 27.0 Å². The number of amides is 2. The number of para-hydroxylation sites is 1. The molecule has 122 valence electrons. The van der Waals surface area contributed by atoms with Crippen LogP contribution in [0.1, 0.15) is 5.56 Å². The molecule has 0 spiro atoms. The molecule has 2 N–H and O–H groups in total. The fourth-order valence-electron chi connectivity index (χ4n) is 2.16. The zero-order chi connectivity index (χ0) is 16.8. The van der Waals surface area contributed by atoms with Crippen LogP contribution >= 0.6 is 0 Å². The summed E-state index contributed by atoms with van der Waals surface area (Å²) >= 11 is 0. The van der Waals surface area contributed by atoms with Gasteiger partial charge in [-0.15, -0.1) is 0 Å². The van der Waals surface area contributed by atoms with Crippen LogP contribution in [0.25, 0.3) is 0 Å². The summed E-state index contributed by atoms with van der Waals surface area (Å²) in [5.41, 5.74) is 2.05. The largest absolute Gasteiger partial charge is 0.495 e. The van der Waals surface area contributed by atoms with E-state index in [1.807, 2.05) is 19.1 Å². The first-order valence-electron chi connectivity index (χ1n) is 7.02. The topological polar surface area (TPSA) is 68.8 Å². The molecular formula is C17H20N2O4. The number of nitrogens with one attached hydrogen (secondary N) is 2. The van der Waals surface area contributed by atoms with Gasteiger partial charge < -0.3 is 24.8 Å². The minimum atomic E-state index is -0.420. The van der Waals surface area contributed by atoms with Crippen molar-refractivity contribution in [2.75, 3.05) is 32.0 Å². The molecule has 23 heavy (non-hydrogen) atoms. The quantitative estimate of drug-likeness (QED) is 0.883. The minimum absolute atomic E-state index is 0.420. The second-order valence-corrected chi connectivity index (χ2v) is 4.82. The molecule has 6 nitrogen and oxygen atoms in total. The van der Waals surface area contributed by atoms with Crippen molar-refractivity contribution >= 4 is 17.4 Å². The van der Waals surface area contributed by atoms with E-state index in [1.165, 1.54) is 14.2 Å². The Morgan fingerprint density at radius 3 is 2.04 bits per heavy atom. The van der Waals surface area contributed by atoms with Gasteiger partial charge >= 0.3 is 6.03 Å². The number of benzene rings is 2. The van der Waals surface area contributed by atoms with E-state index in [0.717, 1.165) is 5.56 Å². The van der Waals surface area contributed by atoms with Crippen molar-refractivity contribution in [1.29, 1.82) is 0 Å². The Bertz CT molecular complexity index is 679. The predicted molar refractivity (Wildman–Crippen MR) is 89.9 cm³/mol. The van der Waals surface area contributed by atoms with Crippen molar-refractivity contribution in [2.24, 2.45) is 0 Å². The number of hydrogen-bond acceptors (Lipinski definition) is 4. The number of methoxy groups -OCH3 is 3. The smallest absolute Gasteiger partial charge is 0.323 e. The van der Waals surface area contributed by atoms with E-state index in [4.69, 9.17) is 14.2 Å². The molecule has 0 aliphatic heterocycles. The standard InChI is InChI=1S/C17H20N2O4/c1-11-8-9-13(21-2)12(10-11)18-17(20)19-16-14(22-3)6-5-7-15(16)23-4/h5-10H,1-4H3,(H2,18,19,20). The Balaban J connectivity index is 2.22. The molecular weight excluding hydrogens is 296 g/mol. The molecule has 0 heterocycles. The van der Waals surface area contributed by atoms with Gasteiger partial charge in [-0.2, -0.15) is 0 Å². The van der Waals surface area contributed by atoms with Crippen molar-refractivity contribution < 1.29 is 19.0 Å². The summed E-state index contributed by atoms with van der Waals surface area (Å²) < 4.78 is 15.8. The molecule has 2 aromatic rings. The fourth-order valence-corrected chi connectivity index (χ4v) is 2.16. The summed E-state index contributed by atoms with van der Waals surface area (Å²) in [7, 11) is 4.61. The first-order valence-corrected chi connectivity index (χ1v) is 7.02. The normalized spacial score (nSPS) is 9.91. The summed E-state index contributed by atoms with van der Waals surface area (Å²) in [6.45, 7) is 1.94. The lowest BCUT2D eigenvalue weighted by Crippen LogP contribution is -2.20. The fraction of sp³-hybridized carbons (Fsp3) is 0.235. The van der Waals surface area contributed by atoms with Crippen LogP contribution in [0.3, 0.4) is 0 Å². The number of carbonyl (C=O) groups excluding carboxylic acids is 1. The molecule has 0 aliphatic carbocycles. The molecule has 0 radical (unpaired) electrons. The van der Waals surface area contributed by atoms with Crippen LogP contribution in [-0.2, 0) is 0 Å². The van der Waals surface area contributed by atoms with E-state index in [9.17, 15) is 4.79 Å². The number of carbonyl (C=O) groups is 1. The van der Waals surface area contributed by atoms with E-state index >= 15 is 0 Å². The Hall–Kier alpha value is -2.89. The summed E-state index contributed by atoms with van der Waals surface area (Å²) in [6, 6.07) is 10.4. The van der Waals surface area contributed by atoms with Crippen LogP contribution in [-0.4, -0.2) is 27.4 Å². The second kappa shape index (κ2) is 7.40. The molecule has 2 aromatic carbocycles. The van der Waals surface area contributed by atoms with Gasteiger partial charge in [0.15, 0.2) is 0 Å². The number of anilines is 2. The van der Waals surface area contributed by atoms with Gasteiger partial charge in [0.1, 0.15) is 22.9 Å². The summed E-state index contributed by atoms with van der Waals surface area (Å²) in [4.78, 5) is 12.3. The van der Waals surface area contributed by atoms with Gasteiger partial charge in [0.2, 0.25) is 0 Å². The molecule has 2 amide bonds. The van der Waals surface area contributed by atoms with Crippen molar-refractivity contribution in [3.8, 4) is 17.2 Å². The summed E-state index contributed by atoms with van der Waals surface area (Å²) in [5, 5.41) is 5.51. The van der Waals surface area contributed by atoms with Crippen molar-refractivity contribution in [3.63, 3.8) is 0 Å². The van der Waals surface area contributed by atoms with Crippen molar-refractivity contribution in [2.45, 2.75) is 6.92 Å². The van der Waals surface area contributed by atoms with E-state index in [-0.39, 0.29) is 0 Å². The second-order valence-electron chi connectivity index (χ2n) is 4.82. The highest BCUT2D eigenvalue weighted by Crippen LogP contribution is 2.34. The molecule has 0 saturated heterocycles. The monoisotopic (exact) mass is 316 g/mol. The van der Waals surface area contributed by atoms with Gasteiger partial charge in [0.25, 0.3) is 0 Å². The van der Waals surface area contributed by atoms with Crippen LogP contribution in [0.4, 0.5) is 16.2 Å². The van der Waals surface area contributed by atoms with Crippen molar-refractivity contribution in [1.82, 2.24) is 0 Å². The maximum Gasteiger partial charge on any atom is 0.323 e. The van der Waals surface area contributed by atoms with E-state index < -0.39 is 6.03 Å². The third-order valence-corrected chi connectivity index (χ3v) is 3.27. The lowest BCUT2D eigenvalue weighted by atomic mass is 10.2. The van der Waals surface area contributed by atoms with E-state index in [2.05, 4.69) is 10.6 Å². The average Bonchev–Trinajstić information content (AvgIpc) is 2.55. The average molecular weight is 316 g/mol. The minimum Gasteiger partial charge on any atom is -0.495 e. The van der Waals surface area contributed by atoms with E-state index in [0.29, 0.717) is 28.6 Å². The van der Waals surface area contributed by atoms with Gasteiger partial charge in [-0.25, -0.2) is 4.79 Å².